The Morgan fingerprint density at radius 1 is 1.23 bits per heavy atom. The summed E-state index contributed by atoms with van der Waals surface area (Å²) in [5, 5.41) is 9.37. The molecule has 7 nitrogen and oxygen atoms in total. The molecule has 0 bridgehead atoms. The van der Waals surface area contributed by atoms with E-state index in [2.05, 4.69) is 42.1 Å². The van der Waals surface area contributed by atoms with Crippen LogP contribution < -0.4 is 10.1 Å². The molecule has 0 unspecified atom stereocenters. The first-order valence-corrected chi connectivity index (χ1v) is 10.9. The second kappa shape index (κ2) is 8.39. The molecule has 30 heavy (non-hydrogen) atoms. The molecule has 0 saturated carbocycles. The lowest BCUT2D eigenvalue weighted by Crippen LogP contribution is -2.07. The monoisotopic (exact) mass is 422 g/mol. The minimum Gasteiger partial charge on any atom is -0.477 e. The molecule has 8 heteroatoms. The van der Waals surface area contributed by atoms with E-state index in [1.54, 1.807) is 17.5 Å². The molecule has 4 aromatic heterocycles. The highest BCUT2D eigenvalue weighted by Crippen LogP contribution is 2.34. The van der Waals surface area contributed by atoms with Crippen LogP contribution in [0.5, 0.6) is 5.88 Å². The van der Waals surface area contributed by atoms with Crippen LogP contribution in [0.3, 0.4) is 0 Å². The predicted molar refractivity (Wildman–Crippen MR) is 121 cm³/mol. The van der Waals surface area contributed by atoms with Gasteiger partial charge in [0, 0.05) is 23.3 Å². The van der Waals surface area contributed by atoms with Gasteiger partial charge in [0.1, 0.15) is 16.0 Å². The van der Waals surface area contributed by atoms with Crippen molar-refractivity contribution < 1.29 is 4.74 Å². The summed E-state index contributed by atoms with van der Waals surface area (Å²) in [6.07, 6.45) is 3.64. The van der Waals surface area contributed by atoms with Crippen LogP contribution in [0.2, 0.25) is 0 Å². The van der Waals surface area contributed by atoms with Crippen LogP contribution in [-0.4, -0.2) is 31.3 Å². The largest absolute Gasteiger partial charge is 0.477 e. The van der Waals surface area contributed by atoms with Crippen LogP contribution in [0.25, 0.3) is 22.3 Å². The zero-order chi connectivity index (χ0) is 21.3. The SMILES string of the molecule is CCOc1ncccc1-c1cc(NCc2ncc(C)s2)c2c(n1)c(C)nn2C(C)C. The molecular weight excluding hydrogens is 396 g/mol. The Morgan fingerprint density at radius 2 is 2.07 bits per heavy atom. The summed E-state index contributed by atoms with van der Waals surface area (Å²) in [4.78, 5) is 15.0. The minimum atomic E-state index is 0.217. The van der Waals surface area contributed by atoms with Crippen LogP contribution in [0, 0.1) is 13.8 Å². The third kappa shape index (κ3) is 3.87. The number of aromatic nitrogens is 5. The van der Waals surface area contributed by atoms with Crippen LogP contribution in [0.1, 0.15) is 42.4 Å². The normalized spacial score (nSPS) is 11.4. The molecule has 0 atom stereocenters. The van der Waals surface area contributed by atoms with Crippen molar-refractivity contribution in [2.24, 2.45) is 0 Å². The Morgan fingerprint density at radius 3 is 2.77 bits per heavy atom. The molecule has 0 radical (unpaired) electrons. The number of pyridine rings is 2. The average Bonchev–Trinajstić information content (AvgIpc) is 3.30. The van der Waals surface area contributed by atoms with E-state index in [0.717, 1.165) is 38.7 Å². The number of nitrogens with one attached hydrogen (secondary N) is 1. The van der Waals surface area contributed by atoms with Crippen molar-refractivity contribution in [3.8, 4) is 17.1 Å². The Bertz CT molecular complexity index is 1180. The molecule has 4 heterocycles. The van der Waals surface area contributed by atoms with Crippen molar-refractivity contribution in [2.75, 3.05) is 11.9 Å². The van der Waals surface area contributed by atoms with Gasteiger partial charge in [-0.2, -0.15) is 5.10 Å². The quantitative estimate of drug-likeness (QED) is 0.443. The molecule has 0 saturated heterocycles. The van der Waals surface area contributed by atoms with E-state index in [-0.39, 0.29) is 6.04 Å². The Hall–Kier alpha value is -3.00. The van der Waals surface area contributed by atoms with E-state index in [1.807, 2.05) is 36.9 Å². The van der Waals surface area contributed by atoms with Crippen LogP contribution in [-0.2, 0) is 6.54 Å². The van der Waals surface area contributed by atoms with Gasteiger partial charge in [0.2, 0.25) is 5.88 Å². The molecule has 0 fully saturated rings. The zero-order valence-electron chi connectivity index (χ0n) is 17.9. The third-order valence-corrected chi connectivity index (χ3v) is 5.65. The summed E-state index contributed by atoms with van der Waals surface area (Å²) < 4.78 is 7.78. The second-order valence-corrected chi connectivity index (χ2v) is 8.70. The highest BCUT2D eigenvalue weighted by atomic mass is 32.1. The second-order valence-electron chi connectivity index (χ2n) is 7.38. The van der Waals surface area contributed by atoms with Gasteiger partial charge in [-0.15, -0.1) is 11.3 Å². The number of fused-ring (bicyclic) bond motifs is 1. The third-order valence-electron chi connectivity index (χ3n) is 4.74. The minimum absolute atomic E-state index is 0.217. The Balaban J connectivity index is 1.86. The molecule has 0 spiro atoms. The van der Waals surface area contributed by atoms with Crippen molar-refractivity contribution in [1.82, 2.24) is 24.7 Å². The summed E-state index contributed by atoms with van der Waals surface area (Å²) in [5.41, 5.74) is 5.43. The lowest BCUT2D eigenvalue weighted by molar-refractivity contribution is 0.328. The number of anilines is 1. The summed E-state index contributed by atoms with van der Waals surface area (Å²) in [7, 11) is 0. The molecule has 4 rings (SSSR count). The topological polar surface area (TPSA) is 77.8 Å². The number of hydrogen-bond donors (Lipinski definition) is 1. The lowest BCUT2D eigenvalue weighted by Gasteiger charge is -2.14. The van der Waals surface area contributed by atoms with Gasteiger partial charge < -0.3 is 10.1 Å². The standard InChI is InChI=1S/C22H26N6OS/c1-6-29-22-16(8-7-9-23-22)17-10-18(24-12-19-25-11-14(4)30-19)21-20(26-17)15(5)27-28(21)13(2)3/h7-11,13H,6,12H2,1-5H3,(H,24,26). The van der Waals surface area contributed by atoms with E-state index in [1.165, 1.54) is 4.88 Å². The molecule has 0 aromatic carbocycles. The highest BCUT2D eigenvalue weighted by Gasteiger charge is 2.19. The van der Waals surface area contributed by atoms with Gasteiger partial charge in [-0.25, -0.2) is 15.0 Å². The van der Waals surface area contributed by atoms with E-state index < -0.39 is 0 Å². The summed E-state index contributed by atoms with van der Waals surface area (Å²) in [5.74, 6) is 0.585. The van der Waals surface area contributed by atoms with Gasteiger partial charge >= 0.3 is 0 Å². The first-order valence-electron chi connectivity index (χ1n) is 10.1. The van der Waals surface area contributed by atoms with Crippen molar-refractivity contribution in [3.05, 3.63) is 46.2 Å². The highest BCUT2D eigenvalue weighted by molar-refractivity contribution is 7.11. The summed E-state index contributed by atoms with van der Waals surface area (Å²) in [6.45, 7) is 11.5. The van der Waals surface area contributed by atoms with E-state index >= 15 is 0 Å². The van der Waals surface area contributed by atoms with Crippen molar-refractivity contribution in [1.29, 1.82) is 0 Å². The van der Waals surface area contributed by atoms with Gasteiger partial charge in [-0.1, -0.05) is 0 Å². The van der Waals surface area contributed by atoms with Crippen molar-refractivity contribution in [3.63, 3.8) is 0 Å². The number of nitrogens with zero attached hydrogens (tertiary/aromatic N) is 5. The molecule has 0 aliphatic carbocycles. The fraction of sp³-hybridized carbons (Fsp3) is 0.364. The fourth-order valence-electron chi connectivity index (χ4n) is 3.42. The summed E-state index contributed by atoms with van der Waals surface area (Å²) in [6, 6.07) is 6.17. The van der Waals surface area contributed by atoms with E-state index in [4.69, 9.17) is 14.8 Å². The predicted octanol–water partition coefficient (Wildman–Crippen LogP) is 5.16. The van der Waals surface area contributed by atoms with Crippen LogP contribution in [0.15, 0.2) is 30.6 Å². The number of hydrogen-bond acceptors (Lipinski definition) is 7. The molecule has 156 valence electrons. The Kier molecular flexibility index (Phi) is 5.67. The van der Waals surface area contributed by atoms with E-state index in [9.17, 15) is 0 Å². The number of aryl methyl sites for hydroxylation is 2. The van der Waals surface area contributed by atoms with Crippen molar-refractivity contribution in [2.45, 2.75) is 47.2 Å². The maximum atomic E-state index is 5.75. The molecule has 0 aliphatic heterocycles. The van der Waals surface area contributed by atoms with Crippen LogP contribution >= 0.6 is 11.3 Å². The number of thiazole rings is 1. The van der Waals surface area contributed by atoms with Crippen LogP contribution in [0.4, 0.5) is 5.69 Å². The lowest BCUT2D eigenvalue weighted by atomic mass is 10.1. The molecule has 4 aromatic rings. The molecule has 1 N–H and O–H groups in total. The fourth-order valence-corrected chi connectivity index (χ4v) is 4.15. The molecule has 0 amide bonds. The number of rotatable bonds is 7. The van der Waals surface area contributed by atoms with Gasteiger partial charge in [0.25, 0.3) is 0 Å². The summed E-state index contributed by atoms with van der Waals surface area (Å²) >= 11 is 1.70. The van der Waals surface area contributed by atoms with E-state index in [0.29, 0.717) is 19.0 Å². The van der Waals surface area contributed by atoms with Gasteiger partial charge in [-0.3, -0.25) is 4.68 Å². The van der Waals surface area contributed by atoms with Gasteiger partial charge in [0.05, 0.1) is 35.8 Å². The Labute approximate surface area is 180 Å². The average molecular weight is 423 g/mol. The first-order chi connectivity index (χ1) is 14.5. The maximum Gasteiger partial charge on any atom is 0.222 e. The number of ether oxygens (including phenoxy) is 1. The van der Waals surface area contributed by atoms with Gasteiger partial charge in [0.15, 0.2) is 0 Å². The zero-order valence-corrected chi connectivity index (χ0v) is 18.7. The van der Waals surface area contributed by atoms with Gasteiger partial charge in [-0.05, 0) is 52.8 Å². The molecule has 0 aliphatic rings. The first kappa shape index (κ1) is 20.3. The molecular formula is C22H26N6OS. The van der Waals surface area contributed by atoms with Crippen molar-refractivity contribution >= 4 is 28.1 Å². The maximum absolute atomic E-state index is 5.75. The smallest absolute Gasteiger partial charge is 0.222 e.